The predicted molar refractivity (Wildman–Crippen MR) is 42.9 cm³/mol. The van der Waals surface area contributed by atoms with Gasteiger partial charge in [0.25, 0.3) is 0 Å². The molecule has 0 bridgehead atoms. The number of halogens is 1. The van der Waals surface area contributed by atoms with Crippen molar-refractivity contribution in [3.8, 4) is 0 Å². The number of fused-ring (bicyclic) bond motifs is 1. The van der Waals surface area contributed by atoms with E-state index in [1.165, 1.54) is 0 Å². The number of nitrogens with zero attached hydrogens (tertiary/aromatic N) is 1. The summed E-state index contributed by atoms with van der Waals surface area (Å²) in [6.07, 6.45) is 3.83. The van der Waals surface area contributed by atoms with Crippen LogP contribution < -0.4 is 0 Å². The van der Waals surface area contributed by atoms with E-state index in [2.05, 4.69) is 10.2 Å². The molecule has 1 aliphatic rings. The molecule has 11 heavy (non-hydrogen) atoms. The topological polar surface area (TPSA) is 45.8 Å². The molecule has 60 valence electrons. The summed E-state index contributed by atoms with van der Waals surface area (Å²) in [5.41, 5.74) is 2.22. The highest BCUT2D eigenvalue weighted by Crippen LogP contribution is 2.14. The number of carbonyl (C=O) groups excluding carboxylic acids is 1. The molecule has 0 aliphatic heterocycles. The summed E-state index contributed by atoms with van der Waals surface area (Å²) in [5, 5.41) is 6.74. The lowest BCUT2D eigenvalue weighted by atomic mass is 9.97. The van der Waals surface area contributed by atoms with Crippen molar-refractivity contribution in [3.63, 3.8) is 0 Å². The van der Waals surface area contributed by atoms with Gasteiger partial charge in [0, 0.05) is 24.1 Å². The molecule has 1 N–H and O–H groups in total. The lowest BCUT2D eigenvalue weighted by molar-refractivity contribution is -0.118. The largest absolute Gasteiger partial charge is 0.299 e. The molecule has 0 radical (unpaired) electrons. The van der Waals surface area contributed by atoms with Crippen LogP contribution in [0.5, 0.6) is 0 Å². The van der Waals surface area contributed by atoms with Gasteiger partial charge in [-0.15, -0.1) is 12.4 Å². The molecule has 0 saturated heterocycles. The van der Waals surface area contributed by atoms with Crippen molar-refractivity contribution in [2.45, 2.75) is 19.3 Å². The summed E-state index contributed by atoms with van der Waals surface area (Å²) in [6, 6.07) is 0. The maximum Gasteiger partial charge on any atom is 0.137 e. The Morgan fingerprint density at radius 1 is 1.45 bits per heavy atom. The highest BCUT2D eigenvalue weighted by molar-refractivity contribution is 5.85. The van der Waals surface area contributed by atoms with Crippen LogP contribution in [0.3, 0.4) is 0 Å². The SMILES string of the molecule is Cl.O=C1CCc2[nH]ncc2C1. The van der Waals surface area contributed by atoms with Crippen molar-refractivity contribution in [2.75, 3.05) is 0 Å². The molecule has 0 fully saturated rings. The van der Waals surface area contributed by atoms with Gasteiger partial charge in [0.2, 0.25) is 0 Å². The smallest absolute Gasteiger partial charge is 0.137 e. The van der Waals surface area contributed by atoms with Gasteiger partial charge in [-0.2, -0.15) is 5.10 Å². The van der Waals surface area contributed by atoms with Crippen LogP contribution in [-0.2, 0) is 17.6 Å². The number of aromatic nitrogens is 2. The van der Waals surface area contributed by atoms with Crippen LogP contribution in [0.1, 0.15) is 17.7 Å². The Kier molecular flexibility index (Phi) is 2.29. The van der Waals surface area contributed by atoms with Crippen LogP contribution in [0.25, 0.3) is 0 Å². The van der Waals surface area contributed by atoms with Crippen LogP contribution in [0, 0.1) is 0 Å². The van der Waals surface area contributed by atoms with Crippen LogP contribution in [-0.4, -0.2) is 16.0 Å². The molecule has 3 nitrogen and oxygen atoms in total. The molecular weight excluding hydrogens is 164 g/mol. The summed E-state index contributed by atoms with van der Waals surface area (Å²) in [5.74, 6) is 0.328. The van der Waals surface area contributed by atoms with Crippen LogP contribution in [0.15, 0.2) is 6.20 Å². The monoisotopic (exact) mass is 172 g/mol. The number of Topliss-reactive ketones (excluding diaryl/α,β-unsaturated/α-hetero) is 1. The Hall–Kier alpha value is -0.830. The number of carbonyl (C=O) groups is 1. The maximum atomic E-state index is 10.9. The molecule has 0 amide bonds. The molecule has 0 atom stereocenters. The van der Waals surface area contributed by atoms with Crippen LogP contribution in [0.2, 0.25) is 0 Å². The van der Waals surface area contributed by atoms with E-state index >= 15 is 0 Å². The second kappa shape index (κ2) is 3.05. The number of hydrogen-bond donors (Lipinski definition) is 1. The van der Waals surface area contributed by atoms with Gasteiger partial charge >= 0.3 is 0 Å². The van der Waals surface area contributed by atoms with Gasteiger partial charge in [-0.3, -0.25) is 9.89 Å². The second-order valence-electron chi connectivity index (χ2n) is 2.59. The summed E-state index contributed by atoms with van der Waals surface area (Å²) in [7, 11) is 0. The molecule has 1 aliphatic carbocycles. The van der Waals surface area contributed by atoms with E-state index in [0.29, 0.717) is 18.6 Å². The number of hydrogen-bond acceptors (Lipinski definition) is 2. The fourth-order valence-corrected chi connectivity index (χ4v) is 1.27. The third kappa shape index (κ3) is 1.43. The zero-order chi connectivity index (χ0) is 6.97. The first-order valence-corrected chi connectivity index (χ1v) is 3.39. The molecule has 0 unspecified atom stereocenters. The van der Waals surface area contributed by atoms with Crippen molar-refractivity contribution in [3.05, 3.63) is 17.5 Å². The average Bonchev–Trinajstić information content (AvgIpc) is 2.33. The second-order valence-corrected chi connectivity index (χ2v) is 2.59. The zero-order valence-corrected chi connectivity index (χ0v) is 6.78. The minimum Gasteiger partial charge on any atom is -0.299 e. The van der Waals surface area contributed by atoms with E-state index in [0.717, 1.165) is 17.7 Å². The first-order chi connectivity index (χ1) is 4.86. The summed E-state index contributed by atoms with van der Waals surface area (Å²) >= 11 is 0. The van der Waals surface area contributed by atoms with Gasteiger partial charge in [-0.05, 0) is 6.42 Å². The fraction of sp³-hybridized carbons (Fsp3) is 0.429. The Morgan fingerprint density at radius 2 is 2.27 bits per heavy atom. The lowest BCUT2D eigenvalue weighted by Gasteiger charge is -2.07. The van der Waals surface area contributed by atoms with E-state index in [1.54, 1.807) is 6.20 Å². The lowest BCUT2D eigenvalue weighted by Crippen LogP contribution is -2.11. The van der Waals surface area contributed by atoms with Gasteiger partial charge in [-0.25, -0.2) is 0 Å². The Labute approximate surface area is 70.6 Å². The number of H-pyrrole nitrogens is 1. The Bertz CT molecular complexity index is 269. The van der Waals surface area contributed by atoms with Crippen LogP contribution >= 0.6 is 12.4 Å². The van der Waals surface area contributed by atoms with Crippen molar-refractivity contribution < 1.29 is 4.79 Å². The van der Waals surface area contributed by atoms with Crippen molar-refractivity contribution >= 4 is 18.2 Å². The molecule has 1 aromatic heterocycles. The molecule has 1 heterocycles. The van der Waals surface area contributed by atoms with Crippen molar-refractivity contribution in [1.29, 1.82) is 0 Å². The van der Waals surface area contributed by atoms with E-state index in [4.69, 9.17) is 0 Å². The number of aryl methyl sites for hydroxylation is 1. The van der Waals surface area contributed by atoms with Gasteiger partial charge in [0.1, 0.15) is 5.78 Å². The molecule has 0 aromatic carbocycles. The summed E-state index contributed by atoms with van der Waals surface area (Å²) < 4.78 is 0. The van der Waals surface area contributed by atoms with Crippen molar-refractivity contribution in [2.24, 2.45) is 0 Å². The van der Waals surface area contributed by atoms with E-state index < -0.39 is 0 Å². The standard InChI is InChI=1S/C7H8N2O.ClH/c10-6-1-2-7-5(3-6)4-8-9-7;/h4H,1-3H2,(H,8,9);1H. The minimum atomic E-state index is 0. The molecule has 0 saturated carbocycles. The van der Waals surface area contributed by atoms with Gasteiger partial charge in [-0.1, -0.05) is 0 Å². The summed E-state index contributed by atoms with van der Waals surface area (Å²) in [6.45, 7) is 0. The van der Waals surface area contributed by atoms with Crippen LogP contribution in [0.4, 0.5) is 0 Å². The maximum absolute atomic E-state index is 10.9. The molecule has 0 spiro atoms. The number of rotatable bonds is 0. The number of nitrogens with one attached hydrogen (secondary N) is 1. The van der Waals surface area contributed by atoms with Crippen molar-refractivity contribution in [1.82, 2.24) is 10.2 Å². The molecule has 4 heteroatoms. The highest BCUT2D eigenvalue weighted by atomic mass is 35.5. The number of aromatic amines is 1. The van der Waals surface area contributed by atoms with E-state index in [1.807, 2.05) is 0 Å². The van der Waals surface area contributed by atoms with E-state index in [9.17, 15) is 4.79 Å². The normalized spacial score (nSPS) is 15.5. The first kappa shape index (κ1) is 8.27. The third-order valence-corrected chi connectivity index (χ3v) is 1.85. The molecule has 1 aromatic rings. The molecule has 2 rings (SSSR count). The fourth-order valence-electron chi connectivity index (χ4n) is 1.27. The molecular formula is C7H9ClN2O. The predicted octanol–water partition coefficient (Wildman–Crippen LogP) is 0.889. The van der Waals surface area contributed by atoms with E-state index in [-0.39, 0.29) is 12.4 Å². The minimum absolute atomic E-state index is 0. The van der Waals surface area contributed by atoms with Gasteiger partial charge < -0.3 is 0 Å². The van der Waals surface area contributed by atoms with Gasteiger partial charge in [0.05, 0.1) is 6.20 Å². The third-order valence-electron chi connectivity index (χ3n) is 1.85. The van der Waals surface area contributed by atoms with Gasteiger partial charge in [0.15, 0.2) is 0 Å². The quantitative estimate of drug-likeness (QED) is 0.632. The average molecular weight is 173 g/mol. The summed E-state index contributed by atoms with van der Waals surface area (Å²) in [4.78, 5) is 10.9. The Balaban J connectivity index is 0.000000605. The zero-order valence-electron chi connectivity index (χ0n) is 5.96. The Morgan fingerprint density at radius 3 is 3.09 bits per heavy atom. The number of ketones is 1. The highest BCUT2D eigenvalue weighted by Gasteiger charge is 2.15. The first-order valence-electron chi connectivity index (χ1n) is 3.39.